The molecule has 0 unspecified atom stereocenters. The van der Waals surface area contributed by atoms with Gasteiger partial charge in [0.15, 0.2) is 5.71 Å². The van der Waals surface area contributed by atoms with Gasteiger partial charge in [0.05, 0.1) is 65.3 Å². The summed E-state index contributed by atoms with van der Waals surface area (Å²) in [5, 5.41) is 6.29. The molecule has 0 saturated carbocycles. The summed E-state index contributed by atoms with van der Waals surface area (Å²) in [6.45, 7) is 12.0. The second kappa shape index (κ2) is 23.2. The van der Waals surface area contributed by atoms with Crippen molar-refractivity contribution in [3.63, 3.8) is 0 Å². The molecule has 0 aliphatic carbocycles. The summed E-state index contributed by atoms with van der Waals surface area (Å²) in [4.78, 5) is 18.0. The summed E-state index contributed by atoms with van der Waals surface area (Å²) < 4.78 is 86.3. The van der Waals surface area contributed by atoms with E-state index in [0.29, 0.717) is 77.7 Å². The summed E-state index contributed by atoms with van der Waals surface area (Å²) >= 11 is 0. The molecule has 2 aliphatic rings. The molecule has 1 N–H and O–H groups in total. The molecule has 2 aromatic carbocycles. The Labute approximate surface area is 370 Å². The van der Waals surface area contributed by atoms with Crippen LogP contribution >= 0.6 is 0 Å². The Bertz CT molecular complexity index is 2120. The van der Waals surface area contributed by atoms with Gasteiger partial charge in [0, 0.05) is 82.5 Å². The van der Waals surface area contributed by atoms with Crippen LogP contribution in [0.4, 0.5) is 11.4 Å². The van der Waals surface area contributed by atoms with Crippen molar-refractivity contribution in [2.45, 2.75) is 64.2 Å². The average molecular weight is 867 g/mol. The Morgan fingerprint density at radius 2 is 1.49 bits per heavy atom. The first-order chi connectivity index (χ1) is 27.5. The van der Waals surface area contributed by atoms with Gasteiger partial charge in [-0.05, 0) is 68.5 Å². The van der Waals surface area contributed by atoms with E-state index in [1.165, 1.54) is 0 Å². The number of rotatable bonds is 25. The van der Waals surface area contributed by atoms with E-state index in [2.05, 4.69) is 64.7 Å². The molecule has 19 heteroatoms. The van der Waals surface area contributed by atoms with Gasteiger partial charge in [0.25, 0.3) is 5.91 Å². The van der Waals surface area contributed by atoms with Crippen molar-refractivity contribution in [1.29, 1.82) is 0 Å². The molecular weight excluding hydrogens is 812 g/mol. The van der Waals surface area contributed by atoms with E-state index in [-0.39, 0.29) is 60.3 Å². The van der Waals surface area contributed by atoms with Crippen molar-refractivity contribution in [2.75, 3.05) is 82.2 Å². The molecule has 0 fully saturated rings. The number of hydrogen-bond donors (Lipinski definition) is 1. The van der Waals surface area contributed by atoms with Crippen LogP contribution in [-0.2, 0) is 45.3 Å². The monoisotopic (exact) mass is 866 g/mol. The number of unbranched alkanes of at least 4 members (excludes halogenated alkanes) is 2. The van der Waals surface area contributed by atoms with Crippen LogP contribution in [0, 0.1) is 0 Å². The smallest absolute Gasteiger partial charge is 0.748 e. The number of carbonyl (C=O) groups excluding carboxylic acids is 1. The number of fused-ring (bicyclic) bond motifs is 2. The third kappa shape index (κ3) is 14.8. The van der Waals surface area contributed by atoms with Gasteiger partial charge < -0.3 is 33.5 Å². The molecule has 318 valence electrons. The number of ether oxygens (including phenoxy) is 3. The van der Waals surface area contributed by atoms with Crippen molar-refractivity contribution < 1.29 is 79.1 Å². The first-order valence-corrected chi connectivity index (χ1v) is 22.6. The molecule has 0 saturated heterocycles. The molecule has 2 heterocycles. The van der Waals surface area contributed by atoms with Crippen LogP contribution in [0.5, 0.6) is 0 Å². The molecular formula is C40H55N6NaO10S2. The normalized spacial score (nSPS) is 16.2. The number of azide groups is 1. The van der Waals surface area contributed by atoms with Crippen molar-refractivity contribution in [1.82, 2.24) is 5.32 Å². The Balaban J connectivity index is 0.00000930. The van der Waals surface area contributed by atoms with Gasteiger partial charge in [-0.3, -0.25) is 4.79 Å². The van der Waals surface area contributed by atoms with Gasteiger partial charge in [-0.25, -0.2) is 16.8 Å². The Morgan fingerprint density at radius 3 is 2.15 bits per heavy atom. The summed E-state index contributed by atoms with van der Waals surface area (Å²) in [6.07, 6.45) is 7.48. The van der Waals surface area contributed by atoms with Gasteiger partial charge in [0.2, 0.25) is 5.69 Å². The quantitative estimate of drug-likeness (QED) is 0.0289. The number of para-hydroxylation sites is 1. The second-order valence-electron chi connectivity index (χ2n) is 15.1. The predicted octanol–water partition coefficient (Wildman–Crippen LogP) is 2.05. The maximum absolute atomic E-state index is 13.3. The third-order valence-corrected chi connectivity index (χ3v) is 11.8. The van der Waals surface area contributed by atoms with Crippen molar-refractivity contribution >= 4 is 43.2 Å². The average Bonchev–Trinajstić information content (AvgIpc) is 3.50. The number of allylic oxidation sites excluding steroid dienone is 4. The molecule has 0 spiro atoms. The summed E-state index contributed by atoms with van der Waals surface area (Å²) in [5.41, 5.74) is 13.7. The first-order valence-electron chi connectivity index (χ1n) is 19.4. The molecule has 4 rings (SSSR count). The fraction of sp³-hybridized carbons (Fsp3) is 0.550. The van der Waals surface area contributed by atoms with Crippen LogP contribution in [0.1, 0.15) is 74.9 Å². The van der Waals surface area contributed by atoms with E-state index >= 15 is 0 Å². The summed E-state index contributed by atoms with van der Waals surface area (Å²) in [5.74, 6) is -1.12. The van der Waals surface area contributed by atoms with E-state index in [4.69, 9.17) is 19.7 Å². The Kier molecular flexibility index (Phi) is 19.7. The molecule has 16 nitrogen and oxygen atoms in total. The minimum absolute atomic E-state index is 0. The van der Waals surface area contributed by atoms with E-state index < -0.39 is 37.2 Å². The van der Waals surface area contributed by atoms with Gasteiger partial charge in [0.1, 0.15) is 6.54 Å². The zero-order valence-corrected chi connectivity index (χ0v) is 38.4. The molecule has 2 aromatic rings. The van der Waals surface area contributed by atoms with Crippen LogP contribution in [-0.4, -0.2) is 119 Å². The minimum Gasteiger partial charge on any atom is -0.748 e. The fourth-order valence-corrected chi connectivity index (χ4v) is 8.41. The van der Waals surface area contributed by atoms with E-state index in [1.54, 1.807) is 6.07 Å². The number of anilines is 1. The van der Waals surface area contributed by atoms with Gasteiger partial charge in [-0.1, -0.05) is 43.2 Å². The molecule has 0 atom stereocenters. The third-order valence-electron chi connectivity index (χ3n) is 10.2. The number of benzene rings is 2. The Morgan fingerprint density at radius 1 is 0.864 bits per heavy atom. The van der Waals surface area contributed by atoms with Crippen LogP contribution < -0.4 is 39.8 Å². The zero-order chi connectivity index (χ0) is 42.4. The van der Waals surface area contributed by atoms with Crippen molar-refractivity contribution in [2.24, 2.45) is 5.11 Å². The van der Waals surface area contributed by atoms with Crippen molar-refractivity contribution in [3.05, 3.63) is 93.5 Å². The van der Waals surface area contributed by atoms with Crippen LogP contribution in [0.15, 0.2) is 71.5 Å². The number of nitrogens with zero attached hydrogens (tertiary/aromatic N) is 5. The summed E-state index contributed by atoms with van der Waals surface area (Å²) in [7, 11) is -8.66. The fourth-order valence-electron chi connectivity index (χ4n) is 7.30. The maximum atomic E-state index is 13.3. The Hall–Kier alpha value is -3.13. The first kappa shape index (κ1) is 50.2. The van der Waals surface area contributed by atoms with E-state index in [0.717, 1.165) is 33.9 Å². The molecule has 0 bridgehead atoms. The van der Waals surface area contributed by atoms with Gasteiger partial charge in [-0.2, -0.15) is 4.58 Å². The topological polar surface area (TPSA) is 226 Å². The number of hydrogen-bond acceptors (Lipinski definition) is 12. The van der Waals surface area contributed by atoms with Crippen LogP contribution in [0.25, 0.3) is 10.4 Å². The molecule has 0 aromatic heterocycles. The van der Waals surface area contributed by atoms with E-state index in [9.17, 15) is 30.7 Å². The van der Waals surface area contributed by atoms with E-state index in [1.807, 2.05) is 42.5 Å². The standard InChI is InChI=1S/C40H56N6O10S2.Na/c1-39(2)32-12-5-6-13-34(32)45(20-7-9-28-57(48,49)50)36(39)14-11-15-37-40(3,4)33-30-31(16-17-35(33)46(37)21-8-10-29-58(51,52)53)38(47)42-18-22-54-24-26-56-27-25-55-23-19-43-44-41;/h5-6,11-17,30H,7-10,18-29H2,1-4H3,(H2-,42,47,48,49,50,51,52,53);/q;+1/p-1. The van der Waals surface area contributed by atoms with Gasteiger partial charge in [-0.15, -0.1) is 0 Å². The maximum Gasteiger partial charge on any atom is 1.00 e. The molecule has 2 aliphatic heterocycles. The zero-order valence-electron chi connectivity index (χ0n) is 34.7. The molecule has 0 radical (unpaired) electrons. The largest absolute Gasteiger partial charge is 1.00 e. The minimum atomic E-state index is -4.35. The number of carbonyl (C=O) groups is 1. The number of nitrogens with one attached hydrogen (secondary N) is 1. The predicted molar refractivity (Wildman–Crippen MR) is 220 cm³/mol. The van der Waals surface area contributed by atoms with Crippen LogP contribution in [0.2, 0.25) is 0 Å². The van der Waals surface area contributed by atoms with Crippen molar-refractivity contribution in [3.8, 4) is 0 Å². The summed E-state index contributed by atoms with van der Waals surface area (Å²) in [6, 6.07) is 13.6. The molecule has 1 amide bonds. The van der Waals surface area contributed by atoms with Crippen LogP contribution in [0.3, 0.4) is 0 Å². The number of amides is 1. The SMILES string of the molecule is CC1(C)C(/C=C/C=C2/N(CCCCS(=O)(=O)[O-])c3ccc(C(=O)NCCOCCOCCOCCN=[N+]=[N-])cc3C2(C)C)=[N+](CCCCS(=O)(=O)[O-])c2ccccc21.[Na+]. The second-order valence-corrected chi connectivity index (χ2v) is 18.1. The molecule has 59 heavy (non-hydrogen) atoms. The van der Waals surface area contributed by atoms with Gasteiger partial charge >= 0.3 is 29.6 Å².